The molecule has 0 atom stereocenters. The minimum Gasteiger partial charge on any atom is -0.506 e. The van der Waals surface area contributed by atoms with Crippen LogP contribution in [0.15, 0.2) is 88.1 Å². The Kier molecular flexibility index (Phi) is 5.15. The predicted molar refractivity (Wildman–Crippen MR) is 132 cm³/mol. The minimum atomic E-state index is -0.708. The molecule has 6 heteroatoms. The number of benzene rings is 3. The van der Waals surface area contributed by atoms with Crippen molar-refractivity contribution in [1.82, 2.24) is 4.57 Å². The van der Waals surface area contributed by atoms with Crippen LogP contribution in [0.4, 0.5) is 5.82 Å². The molecule has 0 fully saturated rings. The van der Waals surface area contributed by atoms with Crippen LogP contribution in [0.1, 0.15) is 16.7 Å². The molecule has 0 amide bonds. The molecule has 0 saturated carbocycles. The van der Waals surface area contributed by atoms with E-state index in [4.69, 9.17) is 10.2 Å². The molecule has 0 spiro atoms. The zero-order valence-electron chi connectivity index (χ0n) is 18.4. The number of fused-ring (bicyclic) bond motifs is 1. The first-order chi connectivity index (χ1) is 16.5. The Bertz CT molecular complexity index is 1620. The Hall–Kier alpha value is -4.76. The van der Waals surface area contributed by atoms with Crippen LogP contribution < -0.4 is 11.4 Å². The van der Waals surface area contributed by atoms with Crippen LogP contribution in [0.3, 0.4) is 0 Å². The topological polar surface area (TPSA) is 105 Å². The molecule has 0 unspecified atom stereocenters. The van der Waals surface area contributed by atoms with Gasteiger partial charge in [0, 0.05) is 12.1 Å². The van der Waals surface area contributed by atoms with Gasteiger partial charge in [0.15, 0.2) is 0 Å². The number of anilines is 1. The van der Waals surface area contributed by atoms with Crippen LogP contribution in [0.2, 0.25) is 0 Å². The van der Waals surface area contributed by atoms with Crippen LogP contribution in [0.25, 0.3) is 33.4 Å². The van der Waals surface area contributed by atoms with Gasteiger partial charge in [0.05, 0.1) is 11.1 Å². The van der Waals surface area contributed by atoms with E-state index in [0.717, 1.165) is 11.1 Å². The monoisotopic (exact) mass is 447 g/mol. The average Bonchev–Trinajstić information content (AvgIpc) is 3.11. The lowest BCUT2D eigenvalue weighted by atomic mass is 9.96. The third-order valence-corrected chi connectivity index (χ3v) is 5.96. The highest BCUT2D eigenvalue weighted by molar-refractivity contribution is 5.97. The number of aryl methyl sites for hydroxylation is 1. The molecule has 0 aliphatic rings. The second-order valence-corrected chi connectivity index (χ2v) is 8.14. The quantitative estimate of drug-likeness (QED) is 0.357. The summed E-state index contributed by atoms with van der Waals surface area (Å²) in [7, 11) is 0. The van der Waals surface area contributed by atoms with E-state index < -0.39 is 5.63 Å². The van der Waals surface area contributed by atoms with Gasteiger partial charge < -0.3 is 19.8 Å². The summed E-state index contributed by atoms with van der Waals surface area (Å²) < 4.78 is 7.27. The van der Waals surface area contributed by atoms with E-state index in [1.54, 1.807) is 28.8 Å². The van der Waals surface area contributed by atoms with Crippen molar-refractivity contribution >= 4 is 16.8 Å². The first kappa shape index (κ1) is 21.1. The zero-order chi connectivity index (χ0) is 23.8. The number of nitriles is 1. The van der Waals surface area contributed by atoms with Gasteiger partial charge in [-0.1, -0.05) is 72.3 Å². The fraction of sp³-hybridized carbons (Fsp3) is 0.0714. The van der Waals surface area contributed by atoms with Crippen LogP contribution in [-0.2, 0) is 6.54 Å². The van der Waals surface area contributed by atoms with Gasteiger partial charge in [-0.2, -0.15) is 5.26 Å². The van der Waals surface area contributed by atoms with Crippen molar-refractivity contribution in [2.45, 2.75) is 13.5 Å². The largest absolute Gasteiger partial charge is 0.506 e. The van der Waals surface area contributed by atoms with E-state index in [1.165, 1.54) is 0 Å². The highest BCUT2D eigenvalue weighted by Crippen LogP contribution is 2.44. The van der Waals surface area contributed by atoms with E-state index in [9.17, 15) is 15.2 Å². The molecule has 34 heavy (non-hydrogen) atoms. The molecular weight excluding hydrogens is 426 g/mol. The number of aromatic hydroxyl groups is 1. The number of nitrogen functional groups attached to an aromatic ring is 1. The number of para-hydroxylation sites is 1. The highest BCUT2D eigenvalue weighted by atomic mass is 16.4. The van der Waals surface area contributed by atoms with E-state index in [1.807, 2.05) is 61.5 Å². The van der Waals surface area contributed by atoms with Gasteiger partial charge in [-0.25, -0.2) is 4.79 Å². The molecule has 3 aromatic carbocycles. The maximum atomic E-state index is 13.2. The molecule has 3 N–H and O–H groups in total. The summed E-state index contributed by atoms with van der Waals surface area (Å²) in [4.78, 5) is 13.2. The lowest BCUT2D eigenvalue weighted by Gasteiger charge is -2.14. The zero-order valence-corrected chi connectivity index (χ0v) is 18.4. The molecule has 0 radical (unpaired) electrons. The van der Waals surface area contributed by atoms with Crippen molar-refractivity contribution in [2.24, 2.45) is 0 Å². The smallest absolute Gasteiger partial charge is 0.349 e. The molecule has 5 aromatic rings. The maximum Gasteiger partial charge on any atom is 0.349 e. The van der Waals surface area contributed by atoms with Crippen molar-refractivity contribution in [2.75, 3.05) is 5.73 Å². The first-order valence-electron chi connectivity index (χ1n) is 10.8. The number of nitrogens with zero attached hydrogens (tertiary/aromatic N) is 2. The van der Waals surface area contributed by atoms with Crippen LogP contribution >= 0.6 is 0 Å². The fourth-order valence-electron chi connectivity index (χ4n) is 4.28. The third-order valence-electron chi connectivity index (χ3n) is 5.96. The second kappa shape index (κ2) is 8.30. The van der Waals surface area contributed by atoms with Gasteiger partial charge in [0.2, 0.25) is 0 Å². The van der Waals surface area contributed by atoms with Crippen LogP contribution in [0, 0.1) is 18.3 Å². The Morgan fingerprint density at radius 1 is 0.971 bits per heavy atom. The molecule has 2 aromatic heterocycles. The number of hydrogen-bond acceptors (Lipinski definition) is 5. The molecule has 2 heterocycles. The summed E-state index contributed by atoms with van der Waals surface area (Å²) in [5.74, 6) is 0.000370. The Morgan fingerprint density at radius 2 is 1.65 bits per heavy atom. The summed E-state index contributed by atoms with van der Waals surface area (Å²) in [5, 5.41) is 21.7. The van der Waals surface area contributed by atoms with E-state index in [0.29, 0.717) is 28.8 Å². The fourth-order valence-corrected chi connectivity index (χ4v) is 4.28. The molecule has 0 aliphatic carbocycles. The van der Waals surface area contributed by atoms with E-state index >= 15 is 0 Å². The van der Waals surface area contributed by atoms with Crippen molar-refractivity contribution < 1.29 is 9.52 Å². The number of aromatic nitrogens is 1. The third kappa shape index (κ3) is 3.40. The number of rotatable bonds is 4. The van der Waals surface area contributed by atoms with Crippen molar-refractivity contribution in [3.8, 4) is 34.2 Å². The molecule has 6 nitrogen and oxygen atoms in total. The number of nitrogens with two attached hydrogens (primary N) is 1. The molecular formula is C28H21N3O3. The second-order valence-electron chi connectivity index (χ2n) is 8.14. The molecule has 5 rings (SSSR count). The van der Waals surface area contributed by atoms with Crippen LogP contribution in [-0.4, -0.2) is 9.67 Å². The molecule has 0 bridgehead atoms. The van der Waals surface area contributed by atoms with Gasteiger partial charge in [0.25, 0.3) is 0 Å². The van der Waals surface area contributed by atoms with Crippen molar-refractivity contribution in [3.63, 3.8) is 0 Å². The van der Waals surface area contributed by atoms with Gasteiger partial charge >= 0.3 is 5.63 Å². The normalized spacial score (nSPS) is 10.9. The summed E-state index contributed by atoms with van der Waals surface area (Å²) in [6.07, 6.45) is 0. The minimum absolute atomic E-state index is 0.0293. The first-order valence-corrected chi connectivity index (χ1v) is 10.8. The molecule has 0 aliphatic heterocycles. The lowest BCUT2D eigenvalue weighted by molar-refractivity contribution is 0.470. The van der Waals surface area contributed by atoms with Gasteiger partial charge in [-0.3, -0.25) is 0 Å². The average molecular weight is 447 g/mol. The Morgan fingerprint density at radius 3 is 2.35 bits per heavy atom. The predicted octanol–water partition coefficient (Wildman–Crippen LogP) is 5.44. The summed E-state index contributed by atoms with van der Waals surface area (Å²) in [6.45, 7) is 2.27. The summed E-state index contributed by atoms with van der Waals surface area (Å²) in [6, 6.07) is 26.2. The SMILES string of the molecule is Cc1ccc(-c2c(C#N)c(N)n(Cc3ccccc3)c2-c2c(O)c3ccccc3oc2=O)cc1. The standard InChI is InChI=1S/C28H21N3O3/c1-17-11-13-19(14-12-17)23-21(15-29)27(30)31(16-18-7-3-2-4-8-18)25(23)24-26(32)20-9-5-6-10-22(20)34-28(24)33/h2-14,32H,16,30H2,1H3. The molecule has 166 valence electrons. The van der Waals surface area contributed by atoms with Crippen molar-refractivity contribution in [1.29, 1.82) is 5.26 Å². The summed E-state index contributed by atoms with van der Waals surface area (Å²) >= 11 is 0. The van der Waals surface area contributed by atoms with E-state index in [2.05, 4.69) is 6.07 Å². The van der Waals surface area contributed by atoms with Gasteiger partial charge in [-0.05, 0) is 30.2 Å². The Labute approximate surface area is 195 Å². The van der Waals surface area contributed by atoms with Gasteiger partial charge in [-0.15, -0.1) is 0 Å². The Balaban J connectivity index is 1.91. The van der Waals surface area contributed by atoms with Gasteiger partial charge in [0.1, 0.15) is 34.3 Å². The summed E-state index contributed by atoms with van der Waals surface area (Å²) in [5.41, 5.74) is 9.80. The van der Waals surface area contributed by atoms with E-state index in [-0.39, 0.29) is 28.3 Å². The van der Waals surface area contributed by atoms with Crippen molar-refractivity contribution in [3.05, 3.63) is 106 Å². The maximum absolute atomic E-state index is 13.2. The lowest BCUT2D eigenvalue weighted by Crippen LogP contribution is -2.11. The highest BCUT2D eigenvalue weighted by Gasteiger charge is 2.29. The number of hydrogen-bond donors (Lipinski definition) is 2. The van der Waals surface area contributed by atoms with Crippen LogP contribution in [0.5, 0.6) is 5.75 Å². The molecule has 0 saturated heterocycles.